The number of nitrogens with one attached hydrogen (secondary N) is 2. The molecule has 0 bridgehead atoms. The number of carbonyl (C=O) groups is 1. The molecule has 1 atom stereocenters. The number of hydrogen-bond acceptors (Lipinski definition) is 8. The third kappa shape index (κ3) is 5.27. The van der Waals surface area contributed by atoms with Crippen LogP contribution in [0.25, 0.3) is 0 Å². The Hall–Kier alpha value is -2.73. The Morgan fingerprint density at radius 2 is 1.94 bits per heavy atom. The van der Waals surface area contributed by atoms with Gasteiger partial charge in [0.25, 0.3) is 15.9 Å². The van der Waals surface area contributed by atoms with Crippen LogP contribution in [0.3, 0.4) is 0 Å². The normalized spacial score (nSPS) is 17.0. The number of benzene rings is 2. The van der Waals surface area contributed by atoms with Gasteiger partial charge in [-0.3, -0.25) is 10.1 Å². The van der Waals surface area contributed by atoms with E-state index in [1.54, 1.807) is 49.6 Å². The number of fused-ring (bicyclic) bond motifs is 1. The van der Waals surface area contributed by atoms with Gasteiger partial charge in [-0.05, 0) is 44.2 Å². The zero-order chi connectivity index (χ0) is 23.8. The standard InChI is InChI=1S/C21H21ClN4O5S2/c1-21(2)11-16(15-9-8-14(30-3)10-17(15)31-21)26-33(28,29)20-25-24-19(32-20)23-18(27)12-4-6-13(22)7-5-12/h4-10,16,26H,11H2,1-3H3,(H,23,24,27). The zero-order valence-corrected chi connectivity index (χ0v) is 20.3. The monoisotopic (exact) mass is 508 g/mol. The van der Waals surface area contributed by atoms with Crippen molar-refractivity contribution in [2.45, 2.75) is 36.3 Å². The average Bonchev–Trinajstić information content (AvgIpc) is 3.22. The molecule has 0 spiro atoms. The second kappa shape index (κ2) is 8.90. The number of methoxy groups -OCH3 is 1. The summed E-state index contributed by atoms with van der Waals surface area (Å²) >= 11 is 6.59. The maximum absolute atomic E-state index is 13.1. The van der Waals surface area contributed by atoms with E-state index in [4.69, 9.17) is 21.1 Å². The molecule has 9 nitrogen and oxygen atoms in total. The van der Waals surface area contributed by atoms with Gasteiger partial charge in [-0.25, -0.2) is 13.1 Å². The van der Waals surface area contributed by atoms with Crippen LogP contribution in [-0.2, 0) is 10.0 Å². The number of aromatic nitrogens is 2. The maximum Gasteiger partial charge on any atom is 0.270 e. The topological polar surface area (TPSA) is 120 Å². The lowest BCUT2D eigenvalue weighted by Gasteiger charge is -2.37. The molecule has 12 heteroatoms. The number of ether oxygens (including phenoxy) is 2. The minimum atomic E-state index is -4.01. The number of rotatable bonds is 6. The second-order valence-electron chi connectivity index (χ2n) is 7.98. The van der Waals surface area contributed by atoms with Gasteiger partial charge in [0.15, 0.2) is 0 Å². The van der Waals surface area contributed by atoms with Crippen LogP contribution in [0.5, 0.6) is 11.5 Å². The van der Waals surface area contributed by atoms with Crippen LogP contribution < -0.4 is 19.5 Å². The first-order valence-electron chi connectivity index (χ1n) is 9.86. The van der Waals surface area contributed by atoms with Gasteiger partial charge in [0, 0.05) is 28.6 Å². The quantitative estimate of drug-likeness (QED) is 0.482. The van der Waals surface area contributed by atoms with Gasteiger partial charge >= 0.3 is 0 Å². The molecule has 1 aliphatic rings. The molecule has 1 aliphatic heterocycles. The van der Waals surface area contributed by atoms with Crippen molar-refractivity contribution in [3.05, 3.63) is 58.6 Å². The first-order chi connectivity index (χ1) is 15.6. The molecule has 2 aromatic carbocycles. The highest BCUT2D eigenvalue weighted by Crippen LogP contribution is 2.42. The van der Waals surface area contributed by atoms with Crippen molar-refractivity contribution in [2.24, 2.45) is 0 Å². The lowest BCUT2D eigenvalue weighted by Crippen LogP contribution is -2.41. The smallest absolute Gasteiger partial charge is 0.270 e. The third-order valence-corrected chi connectivity index (χ3v) is 7.87. The molecule has 2 N–H and O–H groups in total. The van der Waals surface area contributed by atoms with E-state index in [0.717, 1.165) is 11.3 Å². The third-order valence-electron chi connectivity index (χ3n) is 4.94. The number of sulfonamides is 1. The van der Waals surface area contributed by atoms with Crippen molar-refractivity contribution in [1.82, 2.24) is 14.9 Å². The number of hydrogen-bond donors (Lipinski definition) is 2. The van der Waals surface area contributed by atoms with Crippen molar-refractivity contribution in [2.75, 3.05) is 12.4 Å². The molecule has 174 valence electrons. The summed E-state index contributed by atoms with van der Waals surface area (Å²) in [5.41, 5.74) is 0.443. The molecule has 0 radical (unpaired) electrons. The lowest BCUT2D eigenvalue weighted by atomic mass is 9.90. The van der Waals surface area contributed by atoms with E-state index in [-0.39, 0.29) is 9.47 Å². The van der Waals surface area contributed by atoms with Gasteiger partial charge in [0.05, 0.1) is 13.2 Å². The van der Waals surface area contributed by atoms with E-state index in [2.05, 4.69) is 20.2 Å². The summed E-state index contributed by atoms with van der Waals surface area (Å²) in [4.78, 5) is 12.4. The number of halogens is 1. The van der Waals surface area contributed by atoms with Gasteiger partial charge in [0.1, 0.15) is 17.1 Å². The fraction of sp³-hybridized carbons (Fsp3) is 0.286. The van der Waals surface area contributed by atoms with Gasteiger partial charge in [-0.2, -0.15) is 0 Å². The van der Waals surface area contributed by atoms with Gasteiger partial charge in [-0.1, -0.05) is 29.0 Å². The summed E-state index contributed by atoms with van der Waals surface area (Å²) < 4.78 is 39.8. The SMILES string of the molecule is COc1ccc2c(c1)OC(C)(C)CC2NS(=O)(=O)c1nnc(NC(=O)c2ccc(Cl)cc2)s1. The molecular formula is C21H21ClN4O5S2. The number of nitrogens with zero attached hydrogens (tertiary/aromatic N) is 2. The molecule has 0 fully saturated rings. The van der Waals surface area contributed by atoms with Crippen LogP contribution in [0, 0.1) is 0 Å². The van der Waals surface area contributed by atoms with Crippen molar-refractivity contribution in [1.29, 1.82) is 0 Å². The Bertz CT molecular complexity index is 1290. The molecule has 1 aromatic heterocycles. The minimum Gasteiger partial charge on any atom is -0.497 e. The van der Waals surface area contributed by atoms with Crippen LogP contribution in [0.15, 0.2) is 46.8 Å². The molecule has 1 unspecified atom stereocenters. The van der Waals surface area contributed by atoms with Gasteiger partial charge in [0.2, 0.25) is 9.47 Å². The highest BCUT2D eigenvalue weighted by molar-refractivity contribution is 7.91. The van der Waals surface area contributed by atoms with Crippen molar-refractivity contribution >= 4 is 44.0 Å². The largest absolute Gasteiger partial charge is 0.497 e. The summed E-state index contributed by atoms with van der Waals surface area (Å²) in [6.07, 6.45) is 0.407. The van der Waals surface area contributed by atoms with Crippen LogP contribution in [0.1, 0.15) is 42.2 Å². The van der Waals surface area contributed by atoms with E-state index < -0.39 is 27.6 Å². The van der Waals surface area contributed by atoms with E-state index >= 15 is 0 Å². The Kier molecular flexibility index (Phi) is 6.32. The molecule has 4 rings (SSSR count). The summed E-state index contributed by atoms with van der Waals surface area (Å²) in [6.45, 7) is 3.76. The van der Waals surface area contributed by atoms with Crippen molar-refractivity contribution in [3.63, 3.8) is 0 Å². The summed E-state index contributed by atoms with van der Waals surface area (Å²) in [5, 5.41) is 10.7. The van der Waals surface area contributed by atoms with E-state index in [9.17, 15) is 13.2 Å². The Labute approximate surface area is 200 Å². The molecule has 1 amide bonds. The van der Waals surface area contributed by atoms with Crippen LogP contribution >= 0.6 is 22.9 Å². The highest BCUT2D eigenvalue weighted by Gasteiger charge is 2.37. The van der Waals surface area contributed by atoms with Crippen LogP contribution in [-0.4, -0.2) is 37.2 Å². The van der Waals surface area contributed by atoms with Gasteiger partial charge < -0.3 is 9.47 Å². The predicted molar refractivity (Wildman–Crippen MR) is 125 cm³/mol. The lowest BCUT2D eigenvalue weighted by molar-refractivity contribution is 0.0698. The molecule has 0 aliphatic carbocycles. The van der Waals surface area contributed by atoms with Crippen molar-refractivity contribution in [3.8, 4) is 11.5 Å². The summed E-state index contributed by atoms with van der Waals surface area (Å²) in [7, 11) is -2.46. The fourth-order valence-corrected chi connectivity index (χ4v) is 5.69. The number of carbonyl (C=O) groups excluding carboxylic acids is 1. The first-order valence-corrected chi connectivity index (χ1v) is 12.5. The van der Waals surface area contributed by atoms with Crippen LogP contribution in [0.4, 0.5) is 5.13 Å². The highest BCUT2D eigenvalue weighted by atomic mass is 35.5. The molecule has 0 saturated heterocycles. The summed E-state index contributed by atoms with van der Waals surface area (Å²) in [6, 6.07) is 11.0. The fourth-order valence-electron chi connectivity index (χ4n) is 3.44. The number of amides is 1. The molecule has 3 aromatic rings. The molecule has 33 heavy (non-hydrogen) atoms. The molecule has 0 saturated carbocycles. The van der Waals surface area contributed by atoms with E-state index in [0.29, 0.717) is 34.1 Å². The Morgan fingerprint density at radius 3 is 2.64 bits per heavy atom. The van der Waals surface area contributed by atoms with E-state index in [1.165, 1.54) is 0 Å². The first kappa shape index (κ1) is 23.4. The van der Waals surface area contributed by atoms with Crippen LogP contribution in [0.2, 0.25) is 5.02 Å². The Morgan fingerprint density at radius 1 is 1.21 bits per heavy atom. The maximum atomic E-state index is 13.1. The zero-order valence-electron chi connectivity index (χ0n) is 18.0. The van der Waals surface area contributed by atoms with Crippen molar-refractivity contribution < 1.29 is 22.7 Å². The predicted octanol–water partition coefficient (Wildman–Crippen LogP) is 4.03. The average molecular weight is 509 g/mol. The van der Waals surface area contributed by atoms with Gasteiger partial charge in [-0.15, -0.1) is 10.2 Å². The Balaban J connectivity index is 1.53. The molecular weight excluding hydrogens is 488 g/mol. The summed E-state index contributed by atoms with van der Waals surface area (Å²) in [5.74, 6) is 0.707. The minimum absolute atomic E-state index is 0.0627. The second-order valence-corrected chi connectivity index (χ2v) is 11.3. The molecule has 2 heterocycles. The van der Waals surface area contributed by atoms with E-state index in [1.807, 2.05) is 13.8 Å². The number of anilines is 1.